The first-order valence-corrected chi connectivity index (χ1v) is 11.8. The topological polar surface area (TPSA) is 96.9 Å². The number of carbonyl (C=O) groups excluding carboxylic acids is 2. The molecule has 3 aromatic rings. The number of hydrogen-bond donors (Lipinski definition) is 3. The number of thiophene rings is 1. The average molecular weight is 521 g/mol. The highest BCUT2D eigenvalue weighted by Crippen LogP contribution is 2.34. The molecule has 9 heteroatoms. The fourth-order valence-electron chi connectivity index (χ4n) is 3.38. The highest BCUT2D eigenvalue weighted by molar-refractivity contribution is 9.10. The van der Waals surface area contributed by atoms with E-state index in [-0.39, 0.29) is 25.7 Å². The van der Waals surface area contributed by atoms with E-state index in [0.717, 1.165) is 20.1 Å². The van der Waals surface area contributed by atoms with Crippen molar-refractivity contribution in [3.05, 3.63) is 69.5 Å². The van der Waals surface area contributed by atoms with Crippen molar-refractivity contribution < 1.29 is 24.3 Å². The SMILES string of the molecule is CCOCOCC(CC(C(=O)NO)c1csc2ccccc12)NC(=O)c1ccc(Br)cc1. The van der Waals surface area contributed by atoms with E-state index in [2.05, 4.69) is 21.2 Å². The molecule has 2 aromatic carbocycles. The number of nitrogens with one attached hydrogen (secondary N) is 2. The lowest BCUT2D eigenvalue weighted by molar-refractivity contribution is -0.131. The van der Waals surface area contributed by atoms with Crippen LogP contribution in [0.4, 0.5) is 0 Å². The summed E-state index contributed by atoms with van der Waals surface area (Å²) in [5.41, 5.74) is 3.06. The van der Waals surface area contributed by atoms with Gasteiger partial charge >= 0.3 is 0 Å². The summed E-state index contributed by atoms with van der Waals surface area (Å²) in [6.45, 7) is 2.60. The predicted octanol–water partition coefficient (Wildman–Crippen LogP) is 4.45. The van der Waals surface area contributed by atoms with Crippen LogP contribution < -0.4 is 10.8 Å². The van der Waals surface area contributed by atoms with Gasteiger partial charge in [0.1, 0.15) is 6.79 Å². The molecule has 32 heavy (non-hydrogen) atoms. The van der Waals surface area contributed by atoms with Crippen LogP contribution >= 0.6 is 27.3 Å². The summed E-state index contributed by atoms with van der Waals surface area (Å²) >= 11 is 4.89. The average Bonchev–Trinajstić information content (AvgIpc) is 3.23. The fraction of sp³-hybridized carbons (Fsp3) is 0.304. The molecule has 3 N–H and O–H groups in total. The number of carbonyl (C=O) groups is 2. The third-order valence-electron chi connectivity index (χ3n) is 4.96. The number of benzene rings is 2. The Bertz CT molecular complexity index is 1040. The number of hydroxylamine groups is 1. The molecule has 2 amide bonds. The van der Waals surface area contributed by atoms with Crippen LogP contribution in [0.15, 0.2) is 58.4 Å². The Kier molecular flexibility index (Phi) is 9.19. The first-order chi connectivity index (χ1) is 15.5. The highest BCUT2D eigenvalue weighted by atomic mass is 79.9. The van der Waals surface area contributed by atoms with Gasteiger partial charge in [-0.3, -0.25) is 14.8 Å². The van der Waals surface area contributed by atoms with Crippen molar-refractivity contribution in [3.63, 3.8) is 0 Å². The van der Waals surface area contributed by atoms with E-state index < -0.39 is 17.9 Å². The van der Waals surface area contributed by atoms with Gasteiger partial charge in [0.05, 0.1) is 18.6 Å². The Morgan fingerprint density at radius 1 is 1.12 bits per heavy atom. The molecule has 1 aromatic heterocycles. The number of rotatable bonds is 11. The standard InChI is InChI=1S/C23H25BrN2O5S/c1-2-30-14-31-12-17(25-22(27)15-7-9-16(24)10-8-15)11-19(23(28)26-29)20-13-32-21-6-4-3-5-18(20)21/h3-10,13,17,19,29H,2,11-12,14H2,1H3,(H,25,27)(H,26,28). The molecule has 0 radical (unpaired) electrons. The number of ether oxygens (including phenoxy) is 2. The second-order valence-electron chi connectivity index (χ2n) is 7.11. The van der Waals surface area contributed by atoms with Gasteiger partial charge in [0.2, 0.25) is 0 Å². The molecule has 1 heterocycles. The maximum absolute atomic E-state index is 12.8. The van der Waals surface area contributed by atoms with Gasteiger partial charge in [-0.2, -0.15) is 0 Å². The van der Waals surface area contributed by atoms with Crippen LogP contribution in [-0.2, 0) is 14.3 Å². The minimum absolute atomic E-state index is 0.0827. The molecule has 0 spiro atoms. The number of amides is 2. The number of hydrogen-bond acceptors (Lipinski definition) is 6. The quantitative estimate of drug-likeness (QED) is 0.150. The van der Waals surface area contributed by atoms with Gasteiger partial charge in [0.25, 0.3) is 11.8 Å². The lowest BCUT2D eigenvalue weighted by Crippen LogP contribution is -2.41. The van der Waals surface area contributed by atoms with Gasteiger partial charge < -0.3 is 14.8 Å². The van der Waals surface area contributed by atoms with E-state index in [9.17, 15) is 14.8 Å². The Morgan fingerprint density at radius 3 is 2.59 bits per heavy atom. The summed E-state index contributed by atoms with van der Waals surface area (Å²) in [4.78, 5) is 25.4. The largest absolute Gasteiger partial charge is 0.356 e. The van der Waals surface area contributed by atoms with Crippen LogP contribution in [0.2, 0.25) is 0 Å². The van der Waals surface area contributed by atoms with E-state index in [1.807, 2.05) is 36.6 Å². The molecule has 3 rings (SSSR count). The van der Waals surface area contributed by atoms with Crippen molar-refractivity contribution >= 4 is 49.2 Å². The zero-order valence-electron chi connectivity index (χ0n) is 17.5. The van der Waals surface area contributed by atoms with Crippen LogP contribution in [0.1, 0.15) is 35.2 Å². The van der Waals surface area contributed by atoms with Crippen LogP contribution in [-0.4, -0.2) is 43.1 Å². The second-order valence-corrected chi connectivity index (χ2v) is 8.94. The molecule has 7 nitrogen and oxygen atoms in total. The molecule has 0 bridgehead atoms. The normalized spacial score (nSPS) is 13.0. The van der Waals surface area contributed by atoms with Gasteiger partial charge in [-0.1, -0.05) is 34.1 Å². The third kappa shape index (κ3) is 6.36. The Labute approximate surface area is 198 Å². The minimum atomic E-state index is -0.679. The van der Waals surface area contributed by atoms with E-state index in [1.54, 1.807) is 29.7 Å². The van der Waals surface area contributed by atoms with Crippen molar-refractivity contribution in [2.45, 2.75) is 25.3 Å². The maximum Gasteiger partial charge on any atom is 0.251 e. The smallest absolute Gasteiger partial charge is 0.251 e. The lowest BCUT2D eigenvalue weighted by atomic mass is 9.91. The highest BCUT2D eigenvalue weighted by Gasteiger charge is 2.28. The minimum Gasteiger partial charge on any atom is -0.356 e. The van der Waals surface area contributed by atoms with Gasteiger partial charge in [0, 0.05) is 21.3 Å². The molecule has 0 aliphatic heterocycles. The summed E-state index contributed by atoms with van der Waals surface area (Å²) in [7, 11) is 0. The second kappa shape index (κ2) is 12.1. The Hall–Kier alpha value is -2.30. The first-order valence-electron chi connectivity index (χ1n) is 10.2. The molecule has 170 valence electrons. The molecule has 0 saturated carbocycles. The predicted molar refractivity (Wildman–Crippen MR) is 127 cm³/mol. The molecule has 2 atom stereocenters. The molecular formula is C23H25BrN2O5S. The van der Waals surface area contributed by atoms with E-state index in [1.165, 1.54) is 11.3 Å². The van der Waals surface area contributed by atoms with Crippen molar-refractivity contribution in [2.24, 2.45) is 0 Å². The lowest BCUT2D eigenvalue weighted by Gasteiger charge is -2.23. The summed E-state index contributed by atoms with van der Waals surface area (Å²) < 4.78 is 12.7. The van der Waals surface area contributed by atoms with Gasteiger partial charge in [0.15, 0.2) is 0 Å². The number of halogens is 1. The summed E-state index contributed by atoms with van der Waals surface area (Å²) in [6, 6.07) is 14.3. The Morgan fingerprint density at radius 2 is 1.88 bits per heavy atom. The Balaban J connectivity index is 1.82. The van der Waals surface area contributed by atoms with Crippen molar-refractivity contribution in [1.82, 2.24) is 10.8 Å². The third-order valence-corrected chi connectivity index (χ3v) is 6.48. The van der Waals surface area contributed by atoms with Gasteiger partial charge in [-0.25, -0.2) is 5.48 Å². The van der Waals surface area contributed by atoms with Crippen molar-refractivity contribution in [3.8, 4) is 0 Å². The molecule has 0 saturated heterocycles. The van der Waals surface area contributed by atoms with E-state index >= 15 is 0 Å². The van der Waals surface area contributed by atoms with Crippen molar-refractivity contribution in [2.75, 3.05) is 20.0 Å². The molecule has 0 aliphatic carbocycles. The summed E-state index contributed by atoms with van der Waals surface area (Å²) in [5, 5.41) is 15.2. The first kappa shape index (κ1) is 24.3. The van der Waals surface area contributed by atoms with Gasteiger partial charge in [-0.05, 0) is 60.0 Å². The zero-order valence-corrected chi connectivity index (χ0v) is 19.9. The summed E-state index contributed by atoms with van der Waals surface area (Å²) in [6.07, 6.45) is 0.238. The van der Waals surface area contributed by atoms with Crippen LogP contribution in [0.3, 0.4) is 0 Å². The van der Waals surface area contributed by atoms with Crippen LogP contribution in [0, 0.1) is 0 Å². The zero-order chi connectivity index (χ0) is 22.9. The molecular weight excluding hydrogens is 496 g/mol. The monoisotopic (exact) mass is 520 g/mol. The van der Waals surface area contributed by atoms with Gasteiger partial charge in [-0.15, -0.1) is 11.3 Å². The van der Waals surface area contributed by atoms with Crippen molar-refractivity contribution in [1.29, 1.82) is 0 Å². The fourth-order valence-corrected chi connectivity index (χ4v) is 4.66. The van der Waals surface area contributed by atoms with E-state index in [4.69, 9.17) is 9.47 Å². The molecule has 0 fully saturated rings. The summed E-state index contributed by atoms with van der Waals surface area (Å²) in [5.74, 6) is -1.50. The molecule has 2 unspecified atom stereocenters. The van der Waals surface area contributed by atoms with E-state index in [0.29, 0.717) is 12.2 Å². The van der Waals surface area contributed by atoms with Crippen LogP contribution in [0.5, 0.6) is 0 Å². The maximum atomic E-state index is 12.8. The van der Waals surface area contributed by atoms with Crippen LogP contribution in [0.25, 0.3) is 10.1 Å². The molecule has 0 aliphatic rings. The number of fused-ring (bicyclic) bond motifs is 1.